The normalized spacial score (nSPS) is 16.1. The van der Waals surface area contributed by atoms with E-state index in [9.17, 15) is 4.79 Å². The van der Waals surface area contributed by atoms with Crippen molar-refractivity contribution in [2.45, 2.75) is 19.8 Å². The van der Waals surface area contributed by atoms with E-state index in [0.717, 1.165) is 44.9 Å². The summed E-state index contributed by atoms with van der Waals surface area (Å²) >= 11 is 0. The molecule has 110 valence electrons. The number of nitrogens with one attached hydrogen (secondary N) is 1. The van der Waals surface area contributed by atoms with Crippen LogP contribution in [0.5, 0.6) is 5.75 Å². The Hall–Kier alpha value is -1.55. The summed E-state index contributed by atoms with van der Waals surface area (Å²) in [5, 5.41) is 0. The number of benzene rings is 1. The number of ether oxygens (including phenoxy) is 1. The van der Waals surface area contributed by atoms with Crippen LogP contribution in [-0.2, 0) is 4.79 Å². The highest BCUT2D eigenvalue weighted by Gasteiger charge is 2.21. The zero-order chi connectivity index (χ0) is 14.2. The van der Waals surface area contributed by atoms with Crippen molar-refractivity contribution in [1.82, 2.24) is 4.90 Å². The predicted molar refractivity (Wildman–Crippen MR) is 79.0 cm³/mol. The van der Waals surface area contributed by atoms with Crippen LogP contribution >= 0.6 is 0 Å². The average Bonchev–Trinajstić information content (AvgIpc) is 2.52. The predicted octanol–water partition coefficient (Wildman–Crippen LogP) is 0.593. The van der Waals surface area contributed by atoms with Crippen molar-refractivity contribution in [2.24, 2.45) is 0 Å². The smallest absolute Gasteiger partial charge is 0.223 e. The van der Waals surface area contributed by atoms with Gasteiger partial charge in [0.05, 0.1) is 39.3 Å². The van der Waals surface area contributed by atoms with Gasteiger partial charge in [-0.05, 0) is 25.5 Å². The molecule has 1 heterocycles. The van der Waals surface area contributed by atoms with Crippen LogP contribution in [0.15, 0.2) is 30.3 Å². The maximum absolute atomic E-state index is 12.1. The molecule has 4 heteroatoms. The van der Waals surface area contributed by atoms with Gasteiger partial charge in [0.1, 0.15) is 5.75 Å². The fraction of sp³-hybridized carbons (Fsp3) is 0.562. The number of amides is 1. The van der Waals surface area contributed by atoms with E-state index < -0.39 is 0 Å². The summed E-state index contributed by atoms with van der Waals surface area (Å²) in [5.41, 5.74) is 0. The molecule has 1 amide bonds. The number of likely N-dealkylation sites (N-methyl/N-ethyl adjacent to an activating group) is 1. The molecule has 1 aromatic rings. The maximum atomic E-state index is 12.1. The maximum Gasteiger partial charge on any atom is 0.223 e. The molecule has 1 saturated heterocycles. The molecule has 0 atom stereocenters. The first kappa shape index (κ1) is 14.9. The summed E-state index contributed by atoms with van der Waals surface area (Å²) in [7, 11) is 0. The zero-order valence-electron chi connectivity index (χ0n) is 12.3. The van der Waals surface area contributed by atoms with Crippen LogP contribution in [-0.4, -0.2) is 50.1 Å². The van der Waals surface area contributed by atoms with Crippen molar-refractivity contribution in [3.05, 3.63) is 30.3 Å². The zero-order valence-corrected chi connectivity index (χ0v) is 12.3. The van der Waals surface area contributed by atoms with E-state index in [1.807, 2.05) is 35.2 Å². The number of hydrogen-bond donors (Lipinski definition) is 1. The van der Waals surface area contributed by atoms with E-state index in [1.165, 1.54) is 0 Å². The lowest BCUT2D eigenvalue weighted by Gasteiger charge is -2.31. The Kier molecular flexibility index (Phi) is 5.87. The standard InChI is InChI=1S/C16H24N2O2/c1-2-17-10-12-18(13-11-17)16(19)9-6-14-20-15-7-4-3-5-8-15/h3-5,7-8H,2,6,9-14H2,1H3/p+1. The Morgan fingerprint density at radius 1 is 1.25 bits per heavy atom. The van der Waals surface area contributed by atoms with Gasteiger partial charge >= 0.3 is 0 Å². The van der Waals surface area contributed by atoms with E-state index in [-0.39, 0.29) is 5.91 Å². The minimum absolute atomic E-state index is 0.275. The van der Waals surface area contributed by atoms with Crippen molar-refractivity contribution in [2.75, 3.05) is 39.3 Å². The molecular formula is C16H25N2O2+. The molecule has 1 aromatic carbocycles. The molecule has 1 N–H and O–H groups in total. The molecule has 1 fully saturated rings. The number of hydrogen-bond acceptors (Lipinski definition) is 2. The molecule has 1 aliphatic rings. The van der Waals surface area contributed by atoms with Crippen molar-refractivity contribution in [1.29, 1.82) is 0 Å². The third-order valence-electron chi connectivity index (χ3n) is 3.87. The highest BCUT2D eigenvalue weighted by Crippen LogP contribution is 2.09. The van der Waals surface area contributed by atoms with Gasteiger partial charge < -0.3 is 14.5 Å². The first-order chi connectivity index (χ1) is 9.79. The van der Waals surface area contributed by atoms with Gasteiger partial charge in [-0.3, -0.25) is 4.79 Å². The van der Waals surface area contributed by atoms with Crippen molar-refractivity contribution < 1.29 is 14.4 Å². The topological polar surface area (TPSA) is 34.0 Å². The molecule has 0 spiro atoms. The van der Waals surface area contributed by atoms with E-state index in [1.54, 1.807) is 4.90 Å². The Morgan fingerprint density at radius 2 is 1.95 bits per heavy atom. The second-order valence-corrected chi connectivity index (χ2v) is 5.25. The van der Waals surface area contributed by atoms with Crippen molar-refractivity contribution >= 4 is 5.91 Å². The number of piperazine rings is 1. The number of carbonyl (C=O) groups is 1. The molecule has 0 aliphatic carbocycles. The molecule has 0 bridgehead atoms. The van der Waals surface area contributed by atoms with Crippen LogP contribution in [0.3, 0.4) is 0 Å². The monoisotopic (exact) mass is 277 g/mol. The first-order valence-corrected chi connectivity index (χ1v) is 7.58. The second-order valence-electron chi connectivity index (χ2n) is 5.25. The third-order valence-corrected chi connectivity index (χ3v) is 3.87. The van der Waals surface area contributed by atoms with E-state index in [2.05, 4.69) is 6.92 Å². The van der Waals surface area contributed by atoms with Gasteiger partial charge in [0.2, 0.25) is 5.91 Å². The number of nitrogens with zero attached hydrogens (tertiary/aromatic N) is 1. The van der Waals surface area contributed by atoms with E-state index >= 15 is 0 Å². The van der Waals surface area contributed by atoms with E-state index in [0.29, 0.717) is 13.0 Å². The fourth-order valence-electron chi connectivity index (χ4n) is 2.51. The summed E-state index contributed by atoms with van der Waals surface area (Å²) in [4.78, 5) is 15.7. The number of rotatable bonds is 6. The van der Waals surface area contributed by atoms with Crippen LogP contribution in [0.1, 0.15) is 19.8 Å². The Balaban J connectivity index is 1.61. The fourth-order valence-corrected chi connectivity index (χ4v) is 2.51. The largest absolute Gasteiger partial charge is 0.494 e. The molecule has 20 heavy (non-hydrogen) atoms. The van der Waals surface area contributed by atoms with Gasteiger partial charge in [-0.15, -0.1) is 0 Å². The van der Waals surface area contributed by atoms with Crippen molar-refractivity contribution in [3.63, 3.8) is 0 Å². The highest BCUT2D eigenvalue weighted by molar-refractivity contribution is 5.76. The van der Waals surface area contributed by atoms with Gasteiger partial charge in [-0.25, -0.2) is 0 Å². The number of para-hydroxylation sites is 1. The molecular weight excluding hydrogens is 252 g/mol. The lowest BCUT2D eigenvalue weighted by Crippen LogP contribution is -3.14. The van der Waals surface area contributed by atoms with Crippen LogP contribution < -0.4 is 9.64 Å². The summed E-state index contributed by atoms with van der Waals surface area (Å²) in [6, 6.07) is 9.75. The second kappa shape index (κ2) is 7.90. The number of quaternary nitrogens is 1. The first-order valence-electron chi connectivity index (χ1n) is 7.58. The minimum atomic E-state index is 0.275. The molecule has 0 radical (unpaired) electrons. The molecule has 0 aromatic heterocycles. The van der Waals surface area contributed by atoms with Gasteiger partial charge in [0.25, 0.3) is 0 Å². The third kappa shape index (κ3) is 4.53. The van der Waals surface area contributed by atoms with Crippen LogP contribution in [0.25, 0.3) is 0 Å². The molecule has 1 aliphatic heterocycles. The van der Waals surface area contributed by atoms with Gasteiger partial charge in [-0.1, -0.05) is 18.2 Å². The van der Waals surface area contributed by atoms with Crippen molar-refractivity contribution in [3.8, 4) is 5.75 Å². The van der Waals surface area contributed by atoms with Crippen LogP contribution in [0.4, 0.5) is 0 Å². The van der Waals surface area contributed by atoms with E-state index in [4.69, 9.17) is 4.74 Å². The van der Waals surface area contributed by atoms with Gasteiger partial charge in [0, 0.05) is 6.42 Å². The molecule has 0 unspecified atom stereocenters. The lowest BCUT2D eigenvalue weighted by atomic mass is 10.2. The summed E-state index contributed by atoms with van der Waals surface area (Å²) in [5.74, 6) is 1.15. The lowest BCUT2D eigenvalue weighted by molar-refractivity contribution is -0.902. The molecule has 0 saturated carbocycles. The Labute approximate surface area is 121 Å². The quantitative estimate of drug-likeness (QED) is 0.772. The molecule has 4 nitrogen and oxygen atoms in total. The average molecular weight is 277 g/mol. The van der Waals surface area contributed by atoms with Crippen LogP contribution in [0.2, 0.25) is 0 Å². The molecule has 2 rings (SSSR count). The van der Waals surface area contributed by atoms with Gasteiger partial charge in [0.15, 0.2) is 0 Å². The summed E-state index contributed by atoms with van der Waals surface area (Å²) in [6.45, 7) is 7.95. The Bertz CT molecular complexity index is 400. The number of carbonyl (C=O) groups excluding carboxylic acids is 1. The Morgan fingerprint density at radius 3 is 2.60 bits per heavy atom. The summed E-state index contributed by atoms with van der Waals surface area (Å²) < 4.78 is 5.60. The summed E-state index contributed by atoms with van der Waals surface area (Å²) in [6.07, 6.45) is 1.38. The van der Waals surface area contributed by atoms with Gasteiger partial charge in [-0.2, -0.15) is 0 Å². The minimum Gasteiger partial charge on any atom is -0.494 e. The highest BCUT2D eigenvalue weighted by atomic mass is 16.5. The van der Waals surface area contributed by atoms with Crippen LogP contribution in [0, 0.1) is 0 Å². The SMILES string of the molecule is CC[NH+]1CCN(C(=O)CCCOc2ccccc2)CC1.